The fourth-order valence-electron chi connectivity index (χ4n) is 6.23. The number of aromatic nitrogens is 2. The zero-order valence-corrected chi connectivity index (χ0v) is 26.7. The van der Waals surface area contributed by atoms with Crippen LogP contribution in [0.4, 0.5) is 0 Å². The van der Waals surface area contributed by atoms with Crippen LogP contribution in [0.15, 0.2) is 108 Å². The number of halogens is 1. The van der Waals surface area contributed by atoms with Gasteiger partial charge in [-0.2, -0.15) is 0 Å². The monoisotopic (exact) mass is 652 g/mol. The molecule has 8 nitrogen and oxygen atoms in total. The van der Waals surface area contributed by atoms with Gasteiger partial charge in [0.25, 0.3) is 5.91 Å². The van der Waals surface area contributed by atoms with Crippen molar-refractivity contribution in [1.82, 2.24) is 19.2 Å². The van der Waals surface area contributed by atoms with Gasteiger partial charge in [0.05, 0.1) is 5.56 Å². The van der Waals surface area contributed by atoms with Gasteiger partial charge in [0.2, 0.25) is 5.91 Å². The molecule has 2 aromatic heterocycles. The number of amides is 2. The van der Waals surface area contributed by atoms with Gasteiger partial charge in [-0.05, 0) is 73.2 Å². The maximum atomic E-state index is 14.1. The highest BCUT2D eigenvalue weighted by molar-refractivity contribution is 7.97. The summed E-state index contributed by atoms with van der Waals surface area (Å²) in [5.74, 6) is -1.30. The molecule has 0 saturated carbocycles. The van der Waals surface area contributed by atoms with Crippen LogP contribution in [0, 0.1) is 5.92 Å². The molecule has 0 bridgehead atoms. The molecule has 1 atom stereocenters. The average molecular weight is 653 g/mol. The third kappa shape index (κ3) is 6.66. The summed E-state index contributed by atoms with van der Waals surface area (Å²) in [6, 6.07) is 29.9. The number of carbonyl (C=O) groups is 3. The van der Waals surface area contributed by atoms with Crippen LogP contribution in [0.5, 0.6) is 0 Å². The molecular formula is C36H33ClN4O4S. The smallest absolute Gasteiger partial charge is 0.338 e. The number of aromatic amines is 1. The molecule has 46 heavy (non-hydrogen) atoms. The number of fused-ring (bicyclic) bond motifs is 1. The van der Waals surface area contributed by atoms with E-state index in [0.29, 0.717) is 29.5 Å². The molecule has 234 valence electrons. The lowest BCUT2D eigenvalue weighted by atomic mass is 9.76. The number of hydrogen-bond acceptors (Lipinski definition) is 5. The molecule has 3 aromatic carbocycles. The number of benzene rings is 3. The second kappa shape index (κ2) is 13.8. The number of piperidine rings is 1. The van der Waals surface area contributed by atoms with Crippen LogP contribution >= 0.6 is 23.5 Å². The molecule has 0 unspecified atom stereocenters. The summed E-state index contributed by atoms with van der Waals surface area (Å²) in [5.41, 5.74) is 3.43. The summed E-state index contributed by atoms with van der Waals surface area (Å²) in [6.45, 7) is 2.77. The van der Waals surface area contributed by atoms with Crippen LogP contribution in [0.1, 0.15) is 57.7 Å². The first-order chi connectivity index (χ1) is 22.3. The van der Waals surface area contributed by atoms with E-state index in [9.17, 15) is 19.5 Å². The molecule has 5 aromatic rings. The first-order valence-electron chi connectivity index (χ1n) is 15.2. The third-order valence-corrected chi connectivity index (χ3v) is 9.96. The number of hydrogen-bond donors (Lipinski definition) is 2. The number of likely N-dealkylation sites (tertiary alicyclic amines) is 1. The van der Waals surface area contributed by atoms with Crippen molar-refractivity contribution in [3.8, 4) is 0 Å². The third-order valence-electron chi connectivity index (χ3n) is 8.55. The number of carbonyl (C=O) groups excluding carboxylic acids is 2. The van der Waals surface area contributed by atoms with Crippen LogP contribution in [-0.4, -0.2) is 61.2 Å². The number of aromatic carboxylic acids is 1. The molecule has 10 heteroatoms. The summed E-state index contributed by atoms with van der Waals surface area (Å²) in [5, 5.41) is 11.2. The van der Waals surface area contributed by atoms with Crippen LogP contribution in [0.25, 0.3) is 10.9 Å². The Morgan fingerprint density at radius 1 is 0.935 bits per heavy atom. The van der Waals surface area contributed by atoms with Gasteiger partial charge >= 0.3 is 5.97 Å². The molecule has 2 N–H and O–H groups in total. The highest BCUT2D eigenvalue weighted by Crippen LogP contribution is 2.38. The lowest BCUT2D eigenvalue weighted by Gasteiger charge is -2.39. The van der Waals surface area contributed by atoms with Gasteiger partial charge in [0, 0.05) is 53.1 Å². The highest BCUT2D eigenvalue weighted by atomic mass is 35.5. The van der Waals surface area contributed by atoms with E-state index in [0.717, 1.165) is 30.2 Å². The minimum Gasteiger partial charge on any atom is -0.478 e. The Morgan fingerprint density at radius 3 is 2.22 bits per heavy atom. The van der Waals surface area contributed by atoms with E-state index in [1.807, 2.05) is 17.0 Å². The van der Waals surface area contributed by atoms with Crippen LogP contribution in [0.3, 0.4) is 0 Å². The minimum absolute atomic E-state index is 0.0537. The van der Waals surface area contributed by atoms with E-state index in [-0.39, 0.29) is 28.1 Å². The van der Waals surface area contributed by atoms with Gasteiger partial charge in [-0.1, -0.05) is 72.3 Å². The standard InChI is InChI=1S/C36H33ClN4O4S/c1-23(34(42)40-19-16-26(17-20-40)32(24-9-4-2-5-10-24)25-11-6-3-7-12-25)41(46-33-29(36(44)45)13-8-18-38-33)35(43)31-22-27-21-28(37)14-15-30(27)39-31/h2-15,18,21-23,26,32,39H,16-17,19-20H2,1H3,(H,44,45)/t23-/m1/s1. The van der Waals surface area contributed by atoms with Crippen molar-refractivity contribution in [1.29, 1.82) is 0 Å². The van der Waals surface area contributed by atoms with Crippen molar-refractivity contribution in [2.75, 3.05) is 13.1 Å². The molecule has 6 rings (SSSR count). The highest BCUT2D eigenvalue weighted by Gasteiger charge is 2.36. The number of rotatable bonds is 9. The Morgan fingerprint density at radius 2 is 1.59 bits per heavy atom. The van der Waals surface area contributed by atoms with E-state index in [1.54, 1.807) is 31.2 Å². The van der Waals surface area contributed by atoms with Gasteiger partial charge in [-0.3, -0.25) is 13.9 Å². The number of H-pyrrole nitrogens is 1. The van der Waals surface area contributed by atoms with E-state index in [4.69, 9.17) is 11.6 Å². The zero-order chi connectivity index (χ0) is 32.2. The number of carboxylic acid groups (broad SMARTS) is 1. The predicted molar refractivity (Wildman–Crippen MR) is 180 cm³/mol. The van der Waals surface area contributed by atoms with E-state index in [1.165, 1.54) is 33.8 Å². The van der Waals surface area contributed by atoms with Crippen molar-refractivity contribution < 1.29 is 19.5 Å². The minimum atomic E-state index is -1.17. The first kappa shape index (κ1) is 31.4. The maximum Gasteiger partial charge on any atom is 0.338 e. The second-order valence-corrected chi connectivity index (χ2v) is 12.8. The second-order valence-electron chi connectivity index (χ2n) is 11.4. The largest absolute Gasteiger partial charge is 0.478 e. The fraction of sp³-hybridized carbons (Fsp3) is 0.222. The summed E-state index contributed by atoms with van der Waals surface area (Å²) in [4.78, 5) is 49.3. The van der Waals surface area contributed by atoms with Crippen LogP contribution in [-0.2, 0) is 4.79 Å². The average Bonchev–Trinajstić information content (AvgIpc) is 3.51. The molecule has 1 fully saturated rings. The summed E-state index contributed by atoms with van der Waals surface area (Å²) < 4.78 is 1.33. The van der Waals surface area contributed by atoms with Gasteiger partial charge in [0.15, 0.2) is 0 Å². The Bertz CT molecular complexity index is 1820. The molecule has 1 aliphatic rings. The molecule has 0 spiro atoms. The van der Waals surface area contributed by atoms with Gasteiger partial charge in [-0.15, -0.1) is 0 Å². The Hall–Kier alpha value is -4.60. The molecule has 0 aliphatic carbocycles. The van der Waals surface area contributed by atoms with Crippen molar-refractivity contribution in [2.24, 2.45) is 5.92 Å². The Labute approximate surface area is 276 Å². The quantitative estimate of drug-likeness (QED) is 0.160. The molecule has 3 heterocycles. The zero-order valence-electron chi connectivity index (χ0n) is 25.2. The fourth-order valence-corrected chi connectivity index (χ4v) is 7.39. The molecule has 0 radical (unpaired) electrons. The Kier molecular flexibility index (Phi) is 9.42. The number of pyridine rings is 1. The maximum absolute atomic E-state index is 14.1. The van der Waals surface area contributed by atoms with E-state index in [2.05, 4.69) is 58.5 Å². The SMILES string of the molecule is C[C@H](C(=O)N1CCC(C(c2ccccc2)c2ccccc2)CC1)N(Sc1ncccc1C(=O)O)C(=O)c1cc2cc(Cl)ccc2[nH]1. The first-order valence-corrected chi connectivity index (χ1v) is 16.3. The predicted octanol–water partition coefficient (Wildman–Crippen LogP) is 7.52. The van der Waals surface area contributed by atoms with Crippen molar-refractivity contribution >= 4 is 52.2 Å². The Balaban J connectivity index is 1.25. The normalized spacial score (nSPS) is 14.4. The molecule has 2 amide bonds. The molecule has 1 saturated heterocycles. The van der Waals surface area contributed by atoms with E-state index < -0.39 is 17.9 Å². The van der Waals surface area contributed by atoms with Crippen molar-refractivity contribution in [3.63, 3.8) is 0 Å². The molecule has 1 aliphatic heterocycles. The molecular weight excluding hydrogens is 620 g/mol. The summed E-state index contributed by atoms with van der Waals surface area (Å²) in [7, 11) is 0. The lowest BCUT2D eigenvalue weighted by Crippen LogP contribution is -2.49. The number of nitrogens with one attached hydrogen (secondary N) is 1. The van der Waals surface area contributed by atoms with Crippen LogP contribution in [0.2, 0.25) is 5.02 Å². The van der Waals surface area contributed by atoms with E-state index >= 15 is 0 Å². The summed E-state index contributed by atoms with van der Waals surface area (Å²) >= 11 is 7.03. The van der Waals surface area contributed by atoms with Gasteiger partial charge < -0.3 is 15.0 Å². The van der Waals surface area contributed by atoms with Gasteiger partial charge in [0.1, 0.15) is 16.8 Å². The number of carboxylic acids is 1. The van der Waals surface area contributed by atoms with Gasteiger partial charge in [-0.25, -0.2) is 9.78 Å². The number of nitrogens with zero attached hydrogens (tertiary/aromatic N) is 3. The van der Waals surface area contributed by atoms with Crippen molar-refractivity contribution in [3.05, 3.63) is 131 Å². The topological polar surface area (TPSA) is 107 Å². The summed E-state index contributed by atoms with van der Waals surface area (Å²) in [6.07, 6.45) is 3.08. The van der Waals surface area contributed by atoms with Crippen LogP contribution < -0.4 is 0 Å². The van der Waals surface area contributed by atoms with Crippen molar-refractivity contribution in [2.45, 2.75) is 36.8 Å². The lowest BCUT2D eigenvalue weighted by molar-refractivity contribution is -0.135.